The number of hydrogen-bond donors (Lipinski definition) is 2. The summed E-state index contributed by atoms with van der Waals surface area (Å²) in [6, 6.07) is 9.66. The number of carbonyl (C=O) groups excluding carboxylic acids is 1. The second-order valence-corrected chi connectivity index (χ2v) is 5.47. The quantitative estimate of drug-likeness (QED) is 0.895. The molecule has 3 rings (SSSR count). The second kappa shape index (κ2) is 5.69. The zero-order valence-corrected chi connectivity index (χ0v) is 12.0. The molecular weight excluding hydrogens is 264 g/mol. The number of anilines is 1. The largest absolute Gasteiger partial charge is 0.368 e. The molecule has 110 valence electrons. The standard InChI is InChI=1S/C16H20N4O/c17-10-11-9-15(19-13-6-2-1-5-12(11)13)20-8-4-3-7-14(20)16(18)21/h1-2,5-6,9,14H,3-4,7-8,10,17H2,(H2,18,21). The van der Waals surface area contributed by atoms with Crippen molar-refractivity contribution >= 4 is 22.6 Å². The minimum absolute atomic E-state index is 0.266. The molecule has 1 amide bonds. The van der Waals surface area contributed by atoms with Gasteiger partial charge in [-0.3, -0.25) is 4.79 Å². The van der Waals surface area contributed by atoms with Crippen LogP contribution in [0.5, 0.6) is 0 Å². The molecule has 2 heterocycles. The number of aromatic nitrogens is 1. The number of amides is 1. The Kier molecular flexibility index (Phi) is 3.75. The van der Waals surface area contributed by atoms with Crippen LogP contribution in [0.15, 0.2) is 30.3 Å². The van der Waals surface area contributed by atoms with E-state index in [1.165, 1.54) is 0 Å². The van der Waals surface area contributed by atoms with Gasteiger partial charge in [-0.25, -0.2) is 4.98 Å². The zero-order valence-electron chi connectivity index (χ0n) is 12.0. The van der Waals surface area contributed by atoms with E-state index in [0.29, 0.717) is 6.54 Å². The highest BCUT2D eigenvalue weighted by molar-refractivity contribution is 5.86. The lowest BCUT2D eigenvalue weighted by Gasteiger charge is -2.35. The van der Waals surface area contributed by atoms with E-state index in [2.05, 4.69) is 0 Å². The number of para-hydroxylation sites is 1. The first-order valence-electron chi connectivity index (χ1n) is 7.35. The lowest BCUT2D eigenvalue weighted by Crippen LogP contribution is -2.48. The van der Waals surface area contributed by atoms with Gasteiger partial charge in [0.25, 0.3) is 0 Å². The molecule has 0 aliphatic carbocycles. The molecule has 1 unspecified atom stereocenters. The number of hydrogen-bond acceptors (Lipinski definition) is 4. The average Bonchev–Trinajstić information content (AvgIpc) is 2.53. The topological polar surface area (TPSA) is 85.2 Å². The molecule has 2 aromatic rings. The molecule has 0 radical (unpaired) electrons. The Morgan fingerprint density at radius 2 is 2.14 bits per heavy atom. The molecule has 0 spiro atoms. The monoisotopic (exact) mass is 284 g/mol. The number of nitrogens with zero attached hydrogens (tertiary/aromatic N) is 2. The third-order valence-electron chi connectivity index (χ3n) is 4.13. The van der Waals surface area contributed by atoms with Crippen molar-refractivity contribution in [2.45, 2.75) is 31.8 Å². The number of fused-ring (bicyclic) bond motifs is 1. The Labute approximate surface area is 123 Å². The van der Waals surface area contributed by atoms with Gasteiger partial charge in [0.2, 0.25) is 5.91 Å². The summed E-state index contributed by atoms with van der Waals surface area (Å²) in [7, 11) is 0. The molecule has 1 aromatic carbocycles. The van der Waals surface area contributed by atoms with E-state index in [9.17, 15) is 4.79 Å². The van der Waals surface area contributed by atoms with Crippen LogP contribution >= 0.6 is 0 Å². The lowest BCUT2D eigenvalue weighted by atomic mass is 10.0. The molecule has 4 N–H and O–H groups in total. The van der Waals surface area contributed by atoms with Crippen molar-refractivity contribution in [1.82, 2.24) is 4.98 Å². The summed E-state index contributed by atoms with van der Waals surface area (Å²) in [5.41, 5.74) is 13.4. The van der Waals surface area contributed by atoms with Crippen LogP contribution in [0.1, 0.15) is 24.8 Å². The van der Waals surface area contributed by atoms with Gasteiger partial charge in [-0.2, -0.15) is 0 Å². The molecule has 1 aliphatic rings. The van der Waals surface area contributed by atoms with E-state index in [0.717, 1.165) is 48.1 Å². The van der Waals surface area contributed by atoms with Crippen molar-refractivity contribution in [3.63, 3.8) is 0 Å². The van der Waals surface area contributed by atoms with Gasteiger partial charge in [0.15, 0.2) is 0 Å². The molecule has 1 saturated heterocycles. The molecule has 1 fully saturated rings. The highest BCUT2D eigenvalue weighted by Gasteiger charge is 2.28. The summed E-state index contributed by atoms with van der Waals surface area (Å²) in [6.45, 7) is 1.26. The number of carbonyl (C=O) groups is 1. The summed E-state index contributed by atoms with van der Waals surface area (Å²) < 4.78 is 0. The molecule has 1 aliphatic heterocycles. The second-order valence-electron chi connectivity index (χ2n) is 5.47. The number of rotatable bonds is 3. The van der Waals surface area contributed by atoms with Crippen molar-refractivity contribution in [2.75, 3.05) is 11.4 Å². The summed E-state index contributed by atoms with van der Waals surface area (Å²) in [5.74, 6) is 0.525. The van der Waals surface area contributed by atoms with Crippen molar-refractivity contribution in [3.05, 3.63) is 35.9 Å². The average molecular weight is 284 g/mol. The first-order valence-corrected chi connectivity index (χ1v) is 7.35. The Morgan fingerprint density at radius 1 is 1.33 bits per heavy atom. The minimum atomic E-state index is -0.279. The number of nitrogens with two attached hydrogens (primary N) is 2. The van der Waals surface area contributed by atoms with Gasteiger partial charge in [-0.1, -0.05) is 18.2 Å². The van der Waals surface area contributed by atoms with Crippen LogP contribution < -0.4 is 16.4 Å². The van der Waals surface area contributed by atoms with E-state index >= 15 is 0 Å². The van der Waals surface area contributed by atoms with Gasteiger partial charge in [0.1, 0.15) is 11.9 Å². The maximum atomic E-state index is 11.7. The molecule has 5 nitrogen and oxygen atoms in total. The third-order valence-corrected chi connectivity index (χ3v) is 4.13. The van der Waals surface area contributed by atoms with Crippen LogP contribution in [-0.4, -0.2) is 23.5 Å². The normalized spacial score (nSPS) is 18.9. The molecule has 1 atom stereocenters. The smallest absolute Gasteiger partial charge is 0.240 e. The van der Waals surface area contributed by atoms with Crippen LogP contribution in [0, 0.1) is 0 Å². The van der Waals surface area contributed by atoms with E-state index < -0.39 is 0 Å². The Bertz CT molecular complexity index is 670. The Balaban J connectivity index is 2.08. The third kappa shape index (κ3) is 2.56. The van der Waals surface area contributed by atoms with E-state index in [4.69, 9.17) is 16.5 Å². The summed E-state index contributed by atoms with van der Waals surface area (Å²) in [4.78, 5) is 18.4. The van der Waals surface area contributed by atoms with Gasteiger partial charge >= 0.3 is 0 Å². The van der Waals surface area contributed by atoms with Crippen LogP contribution in [0.2, 0.25) is 0 Å². The predicted molar refractivity (Wildman–Crippen MR) is 83.8 cm³/mol. The van der Waals surface area contributed by atoms with Crippen LogP contribution in [0.4, 0.5) is 5.82 Å². The van der Waals surface area contributed by atoms with Crippen LogP contribution in [0.3, 0.4) is 0 Å². The van der Waals surface area contributed by atoms with Crippen molar-refractivity contribution in [1.29, 1.82) is 0 Å². The number of benzene rings is 1. The summed E-state index contributed by atoms with van der Waals surface area (Å²) in [6.07, 6.45) is 2.87. The maximum Gasteiger partial charge on any atom is 0.240 e. The maximum absolute atomic E-state index is 11.7. The highest BCUT2D eigenvalue weighted by atomic mass is 16.1. The molecule has 1 aromatic heterocycles. The first kappa shape index (κ1) is 13.8. The zero-order chi connectivity index (χ0) is 14.8. The van der Waals surface area contributed by atoms with Gasteiger partial charge in [0.05, 0.1) is 5.52 Å². The highest BCUT2D eigenvalue weighted by Crippen LogP contribution is 2.27. The van der Waals surface area contributed by atoms with E-state index in [1.807, 2.05) is 35.2 Å². The summed E-state index contributed by atoms with van der Waals surface area (Å²) >= 11 is 0. The van der Waals surface area contributed by atoms with Gasteiger partial charge in [-0.15, -0.1) is 0 Å². The Morgan fingerprint density at radius 3 is 2.90 bits per heavy atom. The molecule has 5 heteroatoms. The predicted octanol–water partition coefficient (Wildman–Crippen LogP) is 1.54. The van der Waals surface area contributed by atoms with Crippen LogP contribution in [0.25, 0.3) is 10.9 Å². The fraction of sp³-hybridized carbons (Fsp3) is 0.375. The van der Waals surface area contributed by atoms with Crippen molar-refractivity contribution in [2.24, 2.45) is 11.5 Å². The molecule has 0 bridgehead atoms. The van der Waals surface area contributed by atoms with Crippen molar-refractivity contribution in [3.8, 4) is 0 Å². The molecule has 21 heavy (non-hydrogen) atoms. The van der Waals surface area contributed by atoms with Crippen LogP contribution in [-0.2, 0) is 11.3 Å². The number of pyridine rings is 1. The van der Waals surface area contributed by atoms with Gasteiger partial charge in [-0.05, 0) is 37.0 Å². The summed E-state index contributed by atoms with van der Waals surface area (Å²) in [5, 5.41) is 1.07. The first-order chi connectivity index (χ1) is 10.2. The SMILES string of the molecule is NCc1cc(N2CCCCC2C(N)=O)nc2ccccc12. The van der Waals surface area contributed by atoms with Crippen molar-refractivity contribution < 1.29 is 4.79 Å². The fourth-order valence-electron chi connectivity index (χ4n) is 3.05. The van der Waals surface area contributed by atoms with E-state index in [-0.39, 0.29) is 11.9 Å². The van der Waals surface area contributed by atoms with Gasteiger partial charge < -0.3 is 16.4 Å². The van der Waals surface area contributed by atoms with Gasteiger partial charge in [0, 0.05) is 18.5 Å². The fourth-order valence-corrected chi connectivity index (χ4v) is 3.05. The number of piperidine rings is 1. The molecular formula is C16H20N4O. The van der Waals surface area contributed by atoms with E-state index in [1.54, 1.807) is 0 Å². The lowest BCUT2D eigenvalue weighted by molar-refractivity contribution is -0.119. The Hall–Kier alpha value is -2.14. The number of primary amides is 1. The minimum Gasteiger partial charge on any atom is -0.368 e. The molecule has 0 saturated carbocycles.